The van der Waals surface area contributed by atoms with Crippen LogP contribution >= 0.6 is 0 Å². The van der Waals surface area contributed by atoms with Crippen molar-refractivity contribution < 1.29 is 39.5 Å². The van der Waals surface area contributed by atoms with E-state index in [4.69, 9.17) is 24.8 Å². The normalized spacial score (nSPS) is 24.7. The van der Waals surface area contributed by atoms with E-state index in [1.54, 1.807) is 6.92 Å². The van der Waals surface area contributed by atoms with Gasteiger partial charge in [0.25, 0.3) is 0 Å². The molecule has 2 heterocycles. The summed E-state index contributed by atoms with van der Waals surface area (Å²) in [7, 11) is 0. The summed E-state index contributed by atoms with van der Waals surface area (Å²) in [5.41, 5.74) is 24.4. The number of fused-ring (bicyclic) bond motifs is 4. The zero-order valence-electron chi connectivity index (χ0n) is 63.4. The van der Waals surface area contributed by atoms with Crippen LogP contribution in [0.5, 0.6) is 0 Å². The highest BCUT2D eigenvalue weighted by Crippen LogP contribution is 2.56. The monoisotopic (exact) mass is 1290 g/mol. The smallest absolute Gasteiger partial charge is 0.328 e. The largest absolute Gasteiger partial charge is 0.478 e. The van der Waals surface area contributed by atoms with Gasteiger partial charge in [0.2, 0.25) is 0 Å². The third-order valence-electron chi connectivity index (χ3n) is 20.1. The van der Waals surface area contributed by atoms with Gasteiger partial charge >= 0.3 is 11.9 Å². The quantitative estimate of drug-likeness (QED) is 0.0625. The van der Waals surface area contributed by atoms with E-state index in [0.29, 0.717) is 11.5 Å². The molecule has 0 bridgehead atoms. The Labute approximate surface area is 575 Å². The maximum atomic E-state index is 10.7. The SMILES string of the molecule is CC.CC.CC.CC.CC(C=CC1C[C@]1(C)c1ccc2c(c1)C(C)=CCC2(C)C)=CC(=O)O.CC(C=CC1O[C@]1(C)c1ccc2c(c1)C(C)=CCC2(C)C)=CC(=O)O.CC1=CCC(C)(C)c2ccc(/C(C)=C\CO)cc21.CC1=CCC(C)(C)c2ccc(C3(C)OC3CO)cc21. The Kier molecular flexibility index (Phi) is 28.5. The molecular formula is C87H122O8. The highest BCUT2D eigenvalue weighted by molar-refractivity contribution is 5.82. The number of carboxylic acid groups (broad SMARTS) is 2. The molecule has 4 aromatic rings. The number of allylic oxidation sites excluding steroid dienone is 14. The number of epoxide rings is 2. The lowest BCUT2D eigenvalue weighted by atomic mass is 9.72. The Balaban J connectivity index is 0.000000262. The lowest BCUT2D eigenvalue weighted by Gasteiger charge is -2.32. The molecule has 4 aromatic carbocycles. The molecule has 7 aliphatic rings. The predicted molar refractivity (Wildman–Crippen MR) is 405 cm³/mol. The third kappa shape index (κ3) is 19.3. The number of rotatable bonds is 12. The van der Waals surface area contributed by atoms with Crippen LogP contribution in [-0.2, 0) is 57.3 Å². The molecule has 5 aliphatic carbocycles. The molecule has 0 amide bonds. The third-order valence-corrected chi connectivity index (χ3v) is 20.1. The highest BCUT2D eigenvalue weighted by Gasteiger charge is 2.54. The molecule has 1 saturated carbocycles. The van der Waals surface area contributed by atoms with Gasteiger partial charge in [0.1, 0.15) is 23.4 Å². The van der Waals surface area contributed by atoms with Crippen LogP contribution < -0.4 is 0 Å². The van der Waals surface area contributed by atoms with Crippen LogP contribution in [0.25, 0.3) is 27.9 Å². The standard InChI is InChI=1S/C23H28O2.C22H26O3.C17H22O2.C17H22O.4C2H6/c1-15(12-21(24)25)6-7-18-14-23(18,5)17-8-9-20-19(13-17)16(2)10-11-22(20,3)4;1-14(12-20(23)24)6-9-19-22(5,25-19)16-7-8-18-17(13-16)15(2)10-11-21(18,3)4;1-11-7-8-16(2,3)14-6-5-12(9-13(11)14)17(4)15(10-18)19-17;1-12(8-10-18)14-5-6-16-15(11-14)13(2)7-9-17(16,3)4;4*1-2/h6-10,12-13,18H,11,14H2,1-5H3,(H,24,25);6-10,12-13,19H,11H2,1-5H3,(H,23,24);5-7,9,15,18H,8,10H2,1-4H3;5-8,11,18H,9-10H2,1-4H3;4*1-2H3/b;;;12-8-;;;;/t18?,23-;19?,22-;;;;;;/m11....../s1. The fourth-order valence-corrected chi connectivity index (χ4v) is 13.2. The summed E-state index contributed by atoms with van der Waals surface area (Å²) < 4.78 is 11.6. The van der Waals surface area contributed by atoms with E-state index in [2.05, 4.69) is 207 Å². The summed E-state index contributed by atoms with van der Waals surface area (Å²) in [6.07, 6.45) is 26.9. The molecule has 0 aromatic heterocycles. The van der Waals surface area contributed by atoms with Crippen molar-refractivity contribution in [1.82, 2.24) is 0 Å². The zero-order valence-corrected chi connectivity index (χ0v) is 63.4. The highest BCUT2D eigenvalue weighted by atomic mass is 16.6. The lowest BCUT2D eigenvalue weighted by Crippen LogP contribution is -2.22. The molecule has 95 heavy (non-hydrogen) atoms. The van der Waals surface area contributed by atoms with Crippen LogP contribution in [0, 0.1) is 5.92 Å². The Morgan fingerprint density at radius 2 is 0.821 bits per heavy atom. The number of aliphatic hydroxyl groups is 2. The van der Waals surface area contributed by atoms with Gasteiger partial charge in [-0.15, -0.1) is 0 Å². The average Bonchev–Trinajstić information content (AvgIpc) is 1.56. The average molecular weight is 1300 g/mol. The summed E-state index contributed by atoms with van der Waals surface area (Å²) in [5, 5.41) is 35.8. The van der Waals surface area contributed by atoms with Crippen LogP contribution in [-0.4, -0.2) is 57.8 Å². The van der Waals surface area contributed by atoms with Gasteiger partial charge in [-0.2, -0.15) is 0 Å². The maximum Gasteiger partial charge on any atom is 0.328 e. The van der Waals surface area contributed by atoms with Gasteiger partial charge < -0.3 is 29.9 Å². The minimum absolute atomic E-state index is 0.0245. The maximum absolute atomic E-state index is 10.7. The minimum Gasteiger partial charge on any atom is -0.478 e. The Morgan fingerprint density at radius 1 is 0.474 bits per heavy atom. The molecule has 0 radical (unpaired) electrons. The van der Waals surface area contributed by atoms with Gasteiger partial charge in [0.15, 0.2) is 0 Å². The fourth-order valence-electron chi connectivity index (χ4n) is 13.2. The fraction of sp³-hybridized carbons (Fsp3) is 0.494. The summed E-state index contributed by atoms with van der Waals surface area (Å²) >= 11 is 0. The van der Waals surface area contributed by atoms with Crippen molar-refractivity contribution in [2.45, 2.75) is 263 Å². The molecule has 0 spiro atoms. The minimum atomic E-state index is -0.929. The van der Waals surface area contributed by atoms with Crippen molar-refractivity contribution in [1.29, 1.82) is 0 Å². The first-order valence-corrected chi connectivity index (χ1v) is 35.3. The first kappa shape index (κ1) is 80.8. The summed E-state index contributed by atoms with van der Waals surface area (Å²) in [5.74, 6) is -1.34. The molecule has 2 saturated heterocycles. The summed E-state index contributed by atoms with van der Waals surface area (Å²) in [6.45, 7) is 55.4. The Morgan fingerprint density at radius 3 is 1.19 bits per heavy atom. The number of carboxylic acids is 2. The van der Waals surface area contributed by atoms with E-state index in [0.717, 1.165) is 43.3 Å². The van der Waals surface area contributed by atoms with Crippen LogP contribution in [0.2, 0.25) is 0 Å². The van der Waals surface area contributed by atoms with Crippen molar-refractivity contribution in [3.63, 3.8) is 0 Å². The van der Waals surface area contributed by atoms with Crippen molar-refractivity contribution in [3.05, 3.63) is 218 Å². The van der Waals surface area contributed by atoms with Crippen molar-refractivity contribution >= 4 is 39.8 Å². The second-order valence-electron chi connectivity index (χ2n) is 29.0. The van der Waals surface area contributed by atoms with Crippen LogP contribution in [0.15, 0.2) is 151 Å². The first-order valence-electron chi connectivity index (χ1n) is 35.3. The molecule has 11 rings (SSSR count). The van der Waals surface area contributed by atoms with E-state index in [1.807, 2.05) is 93.5 Å². The van der Waals surface area contributed by atoms with Gasteiger partial charge in [0, 0.05) is 12.2 Å². The molecule has 518 valence electrons. The number of ether oxygens (including phenoxy) is 2. The topological polar surface area (TPSA) is 140 Å². The second-order valence-corrected chi connectivity index (χ2v) is 29.0. The van der Waals surface area contributed by atoms with Gasteiger partial charge in [-0.25, -0.2) is 9.59 Å². The summed E-state index contributed by atoms with van der Waals surface area (Å²) in [4.78, 5) is 21.4. The van der Waals surface area contributed by atoms with Crippen LogP contribution in [0.4, 0.5) is 0 Å². The predicted octanol–water partition coefficient (Wildman–Crippen LogP) is 22.3. The van der Waals surface area contributed by atoms with Crippen molar-refractivity contribution in [2.24, 2.45) is 5.92 Å². The number of aliphatic hydroxyl groups excluding tert-OH is 2. The molecule has 3 fully saturated rings. The Bertz CT molecular complexity index is 3500. The first-order chi connectivity index (χ1) is 44.6. The van der Waals surface area contributed by atoms with E-state index >= 15 is 0 Å². The van der Waals surface area contributed by atoms with Gasteiger partial charge in [-0.05, 0) is 251 Å². The van der Waals surface area contributed by atoms with Gasteiger partial charge in [0.05, 0.1) is 13.2 Å². The van der Waals surface area contributed by atoms with Crippen molar-refractivity contribution in [2.75, 3.05) is 13.2 Å². The number of carbonyl (C=O) groups is 2. The second kappa shape index (κ2) is 33.5. The lowest BCUT2D eigenvalue weighted by molar-refractivity contribution is -0.132. The Hall–Kier alpha value is -6.68. The zero-order chi connectivity index (χ0) is 72.0. The van der Waals surface area contributed by atoms with Gasteiger partial charge in [-0.3, -0.25) is 0 Å². The molecule has 8 heteroatoms. The molecule has 4 N–H and O–H groups in total. The summed E-state index contributed by atoms with van der Waals surface area (Å²) in [6, 6.07) is 27.0. The molecular weight excluding hydrogens is 1170 g/mol. The molecule has 4 unspecified atom stereocenters. The van der Waals surface area contributed by atoms with E-state index in [-0.39, 0.29) is 63.7 Å². The number of aliphatic carboxylic acids is 2. The molecule has 6 atom stereocenters. The number of hydrogen-bond acceptors (Lipinski definition) is 6. The van der Waals surface area contributed by atoms with E-state index < -0.39 is 11.9 Å². The number of hydrogen-bond donors (Lipinski definition) is 4. The molecule has 2 aliphatic heterocycles. The van der Waals surface area contributed by atoms with E-state index in [9.17, 15) is 14.7 Å². The van der Waals surface area contributed by atoms with Crippen LogP contribution in [0.3, 0.4) is 0 Å². The van der Waals surface area contributed by atoms with E-state index in [1.165, 1.54) is 101 Å². The molecule has 8 nitrogen and oxygen atoms in total. The van der Waals surface area contributed by atoms with Crippen molar-refractivity contribution in [3.8, 4) is 0 Å². The van der Waals surface area contributed by atoms with Gasteiger partial charge in [-0.1, -0.05) is 227 Å². The number of benzene rings is 4. The van der Waals surface area contributed by atoms with Crippen LogP contribution in [0.1, 0.15) is 279 Å².